The number of hydrogen-bond donors (Lipinski definition) is 12. The summed E-state index contributed by atoms with van der Waals surface area (Å²) in [6, 6.07) is -4.46. The summed E-state index contributed by atoms with van der Waals surface area (Å²) in [5.74, 6) is -6.74. The molecular weight excluding hydrogens is 979 g/mol. The van der Waals surface area contributed by atoms with Crippen LogP contribution in [0.2, 0.25) is 0 Å². The molecular formula is C46H83N11O17. The van der Waals surface area contributed by atoms with Crippen molar-refractivity contribution in [1.82, 2.24) is 47.6 Å². The minimum absolute atomic E-state index is 0. The number of hydrogen-bond acceptors (Lipinski definition) is 16. The Kier molecular flexibility index (Phi) is 41.2. The van der Waals surface area contributed by atoms with E-state index in [1.165, 1.54) is 41.5 Å². The highest BCUT2D eigenvalue weighted by molar-refractivity contribution is 6.02. The van der Waals surface area contributed by atoms with Crippen molar-refractivity contribution in [1.29, 1.82) is 0 Å². The average molecular weight is 1060 g/mol. The molecule has 1 aliphatic heterocycles. The molecule has 5 atom stereocenters. The molecule has 1 rings (SSSR count). The van der Waals surface area contributed by atoms with Gasteiger partial charge in [0.2, 0.25) is 47.3 Å². The van der Waals surface area contributed by atoms with Crippen LogP contribution in [-0.4, -0.2) is 161 Å². The molecule has 28 nitrogen and oxygen atoms in total. The Morgan fingerprint density at radius 3 is 1.19 bits per heavy atom. The molecule has 5 unspecified atom stereocenters. The van der Waals surface area contributed by atoms with E-state index in [4.69, 9.17) is 21.4 Å². The molecule has 0 saturated carbocycles. The summed E-state index contributed by atoms with van der Waals surface area (Å²) in [5.41, 5.74) is 10.4. The lowest BCUT2D eigenvalue weighted by atomic mass is 10.1. The molecule has 0 bridgehead atoms. The van der Waals surface area contributed by atoms with Crippen molar-refractivity contribution < 1.29 is 82.9 Å². The van der Waals surface area contributed by atoms with Crippen molar-refractivity contribution in [2.75, 3.05) is 32.7 Å². The first kappa shape index (κ1) is 71.4. The largest absolute Gasteiger partial charge is 0.480 e. The second-order valence-electron chi connectivity index (χ2n) is 17.1. The fraction of sp³-hybridized carbons (Fsp3) is 0.717. The minimum atomic E-state index is -1.21. The van der Waals surface area contributed by atoms with Gasteiger partial charge in [-0.2, -0.15) is 0 Å². The molecule has 10 amide bonds. The first-order chi connectivity index (χ1) is 34.3. The number of carboxylic acids is 2. The van der Waals surface area contributed by atoms with Crippen LogP contribution in [-0.2, 0) is 67.2 Å². The quantitative estimate of drug-likeness (QED) is 0.0235. The van der Waals surface area contributed by atoms with Crippen molar-refractivity contribution in [2.24, 2.45) is 11.5 Å². The molecule has 1 fully saturated rings. The van der Waals surface area contributed by atoms with Gasteiger partial charge in [-0.25, -0.2) is 9.59 Å². The Balaban J connectivity index is -0.00000123. The van der Waals surface area contributed by atoms with Gasteiger partial charge < -0.3 is 74.5 Å². The third-order valence-corrected chi connectivity index (χ3v) is 10.2. The second-order valence-corrected chi connectivity index (χ2v) is 17.1. The van der Waals surface area contributed by atoms with Gasteiger partial charge in [-0.15, -0.1) is 5.06 Å². The Morgan fingerprint density at radius 1 is 0.473 bits per heavy atom. The Bertz CT molecular complexity index is 1810. The van der Waals surface area contributed by atoms with E-state index in [-0.39, 0.29) is 73.7 Å². The third-order valence-electron chi connectivity index (χ3n) is 10.2. The van der Waals surface area contributed by atoms with Gasteiger partial charge in [0.15, 0.2) is 0 Å². The maximum absolute atomic E-state index is 12.7. The van der Waals surface area contributed by atoms with E-state index in [9.17, 15) is 67.4 Å². The fourth-order valence-electron chi connectivity index (χ4n) is 6.52. The number of imide groups is 1. The van der Waals surface area contributed by atoms with Crippen molar-refractivity contribution in [2.45, 2.75) is 181 Å². The Morgan fingerprint density at radius 2 is 0.824 bits per heavy atom. The molecule has 28 heteroatoms. The van der Waals surface area contributed by atoms with Gasteiger partial charge in [-0.3, -0.25) is 52.7 Å². The number of hydroxylamine groups is 2. The molecule has 0 aliphatic carbocycles. The summed E-state index contributed by atoms with van der Waals surface area (Å²) in [5, 5.41) is 39.1. The zero-order valence-electron chi connectivity index (χ0n) is 43.7. The van der Waals surface area contributed by atoms with Gasteiger partial charge in [0.25, 0.3) is 11.8 Å². The number of aliphatic carboxylic acids is 2. The molecule has 0 aromatic rings. The van der Waals surface area contributed by atoms with Crippen molar-refractivity contribution in [3.8, 4) is 0 Å². The third kappa shape index (κ3) is 38.8. The maximum atomic E-state index is 12.7. The van der Waals surface area contributed by atoms with Crippen molar-refractivity contribution in [3.05, 3.63) is 0 Å². The molecule has 0 radical (unpaired) electrons. The SMILES string of the molecule is CC(=O)NCCCCC(NC(C)=O)C(=O)NCCCCC(NC(=O)C(CCCCNC(C)=O)NC(C)=O)C(=O)O.CC(=O)NCCCCC(NC(C)=O)C(=O)ON1C(=O)CCC1=O.NCCCCC(N)C(=O)O.O. The van der Waals surface area contributed by atoms with Crippen LogP contribution in [0.3, 0.4) is 0 Å². The molecule has 16 N–H and O–H groups in total. The predicted molar refractivity (Wildman–Crippen MR) is 266 cm³/mol. The lowest BCUT2D eigenvalue weighted by Gasteiger charge is -2.21. The summed E-state index contributed by atoms with van der Waals surface area (Å²) in [4.78, 5) is 154. The van der Waals surface area contributed by atoms with E-state index in [0.717, 1.165) is 12.8 Å². The molecule has 1 saturated heterocycles. The first-order valence-corrected chi connectivity index (χ1v) is 24.4. The number of nitrogens with one attached hydrogen (secondary N) is 8. The van der Waals surface area contributed by atoms with E-state index in [2.05, 4.69) is 42.5 Å². The van der Waals surface area contributed by atoms with Crippen LogP contribution >= 0.6 is 0 Å². The summed E-state index contributed by atoms with van der Waals surface area (Å²) in [7, 11) is 0. The summed E-state index contributed by atoms with van der Waals surface area (Å²) in [6.07, 6.45) is 7.65. The van der Waals surface area contributed by atoms with Crippen molar-refractivity contribution >= 4 is 77.0 Å². The van der Waals surface area contributed by atoms with Crippen LogP contribution in [0.4, 0.5) is 0 Å². The highest BCUT2D eigenvalue weighted by Gasteiger charge is 2.35. The molecule has 0 aromatic heterocycles. The molecule has 424 valence electrons. The number of amides is 10. The lowest BCUT2D eigenvalue weighted by Crippen LogP contribution is -2.51. The predicted octanol–water partition coefficient (Wildman–Crippen LogP) is -2.43. The molecule has 0 aromatic carbocycles. The maximum Gasteiger partial charge on any atom is 0.355 e. The van der Waals surface area contributed by atoms with Crippen molar-refractivity contribution in [3.63, 3.8) is 0 Å². The number of nitrogens with two attached hydrogens (primary N) is 2. The molecule has 1 heterocycles. The molecule has 0 spiro atoms. The smallest absolute Gasteiger partial charge is 0.355 e. The van der Waals surface area contributed by atoms with Crippen LogP contribution in [0.15, 0.2) is 0 Å². The Labute approximate surface area is 431 Å². The van der Waals surface area contributed by atoms with E-state index < -0.39 is 77.7 Å². The van der Waals surface area contributed by atoms with Crippen LogP contribution in [0.25, 0.3) is 0 Å². The van der Waals surface area contributed by atoms with Gasteiger partial charge >= 0.3 is 17.9 Å². The first-order valence-electron chi connectivity index (χ1n) is 24.4. The zero-order chi connectivity index (χ0) is 55.9. The normalized spacial score (nSPS) is 13.4. The lowest BCUT2D eigenvalue weighted by molar-refractivity contribution is -0.199. The van der Waals surface area contributed by atoms with Gasteiger partial charge in [-0.1, -0.05) is 6.42 Å². The number of unbranched alkanes of at least 4 members (excludes halogenated alkanes) is 5. The van der Waals surface area contributed by atoms with Crippen LogP contribution < -0.4 is 54.0 Å². The van der Waals surface area contributed by atoms with Crippen LogP contribution in [0, 0.1) is 0 Å². The monoisotopic (exact) mass is 1060 g/mol. The van der Waals surface area contributed by atoms with E-state index in [0.29, 0.717) is 95.5 Å². The second kappa shape index (κ2) is 42.7. The number of nitrogens with zero attached hydrogens (tertiary/aromatic N) is 1. The zero-order valence-corrected chi connectivity index (χ0v) is 43.7. The number of carbonyl (C=O) groups is 13. The van der Waals surface area contributed by atoms with E-state index in [1.54, 1.807) is 0 Å². The van der Waals surface area contributed by atoms with Gasteiger partial charge in [0.1, 0.15) is 30.2 Å². The number of rotatable bonds is 34. The molecule has 1 aliphatic rings. The van der Waals surface area contributed by atoms with Gasteiger partial charge in [-0.05, 0) is 96.4 Å². The van der Waals surface area contributed by atoms with Gasteiger partial charge in [0, 0.05) is 80.6 Å². The summed E-state index contributed by atoms with van der Waals surface area (Å²) in [6.45, 7) is 10.3. The summed E-state index contributed by atoms with van der Waals surface area (Å²) < 4.78 is 0. The van der Waals surface area contributed by atoms with Crippen LogP contribution in [0.5, 0.6) is 0 Å². The van der Waals surface area contributed by atoms with E-state index >= 15 is 0 Å². The minimum Gasteiger partial charge on any atom is -0.480 e. The standard InChI is InChI=1S/C26H46N6O8.C14H21N3O6.C6H14N2O2.H2O/c1-17(33)27-14-8-5-11-21(30-19(3)35)24(37)29-16-10-7-13-23(26(39)40)32-25(38)22(31-20(4)36)12-6-9-15-28-18(2)34;1-9(18)15-8-4-3-5-11(16-10(2)19)14(22)23-17-12(20)6-7-13(17)21;7-4-2-1-3-5(8)6(9)10;/h21-23H,5-16H2,1-4H3,(H,27,33)(H,28,34)(H,29,37)(H,30,35)(H,31,36)(H,32,38)(H,39,40);11H,3-8H2,1-2H3,(H,15,18)(H,16,19);5H,1-4,7-8H2,(H,9,10);1H2. The number of carboxylic acid groups (broad SMARTS) is 2. The van der Waals surface area contributed by atoms with Crippen LogP contribution in [0.1, 0.15) is 151 Å². The fourth-order valence-corrected chi connectivity index (χ4v) is 6.52. The van der Waals surface area contributed by atoms with E-state index in [1.807, 2.05) is 0 Å². The highest BCUT2D eigenvalue weighted by Crippen LogP contribution is 2.14. The Hall–Kier alpha value is -6.81. The highest BCUT2D eigenvalue weighted by atomic mass is 16.7. The molecule has 74 heavy (non-hydrogen) atoms. The topological polar surface area (TPSA) is 455 Å². The van der Waals surface area contributed by atoms with Gasteiger partial charge in [0.05, 0.1) is 0 Å². The average Bonchev–Trinajstić information content (AvgIpc) is 3.61. The summed E-state index contributed by atoms with van der Waals surface area (Å²) >= 11 is 0. The number of carbonyl (C=O) groups excluding carboxylic acids is 11.